The van der Waals surface area contributed by atoms with Gasteiger partial charge in [-0.1, -0.05) is 0 Å². The predicted molar refractivity (Wildman–Crippen MR) is 93.8 cm³/mol. The van der Waals surface area contributed by atoms with Crippen LogP contribution in [-0.4, -0.2) is 23.3 Å². The zero-order valence-electron chi connectivity index (χ0n) is 14.0. The maximum atomic E-state index is 12.2. The molecule has 2 aromatic rings. The summed E-state index contributed by atoms with van der Waals surface area (Å²) in [7, 11) is 0. The summed E-state index contributed by atoms with van der Waals surface area (Å²) in [4.78, 5) is 24.3. The molecule has 0 unspecified atom stereocenters. The van der Waals surface area contributed by atoms with Crippen molar-refractivity contribution < 1.29 is 9.53 Å². The first-order valence-electron chi connectivity index (χ1n) is 7.80. The maximum absolute atomic E-state index is 12.2. The Morgan fingerprint density at radius 2 is 2.00 bits per heavy atom. The minimum atomic E-state index is -0.530. The van der Waals surface area contributed by atoms with Crippen LogP contribution in [-0.2, 0) is 0 Å². The number of hydrogen-bond acceptors (Lipinski definition) is 4. The average molecular weight is 327 g/mol. The van der Waals surface area contributed by atoms with E-state index in [0.717, 1.165) is 11.3 Å². The van der Waals surface area contributed by atoms with E-state index in [4.69, 9.17) is 4.74 Å². The van der Waals surface area contributed by atoms with Crippen LogP contribution in [0.25, 0.3) is 0 Å². The van der Waals surface area contributed by atoms with Crippen molar-refractivity contribution in [3.05, 3.63) is 64.1 Å². The van der Waals surface area contributed by atoms with Gasteiger partial charge in [0.05, 0.1) is 12.8 Å². The SMILES string of the molecule is CCOc1ccc(/C=N\NC(=O)c2cccn(C(C)C)c2=O)cc1. The smallest absolute Gasteiger partial charge is 0.276 e. The van der Waals surface area contributed by atoms with Crippen LogP contribution in [0.3, 0.4) is 0 Å². The molecule has 6 heteroatoms. The lowest BCUT2D eigenvalue weighted by Gasteiger charge is -2.10. The molecule has 0 saturated carbocycles. The van der Waals surface area contributed by atoms with Gasteiger partial charge in [-0.2, -0.15) is 5.10 Å². The Bertz CT molecular complexity index is 777. The Hall–Kier alpha value is -2.89. The molecule has 6 nitrogen and oxygen atoms in total. The van der Waals surface area contributed by atoms with E-state index in [0.29, 0.717) is 6.61 Å². The van der Waals surface area contributed by atoms with E-state index in [2.05, 4.69) is 10.5 Å². The minimum Gasteiger partial charge on any atom is -0.494 e. The number of amides is 1. The summed E-state index contributed by atoms with van der Waals surface area (Å²) in [6, 6.07) is 10.5. The first-order valence-corrected chi connectivity index (χ1v) is 7.80. The zero-order valence-corrected chi connectivity index (χ0v) is 14.0. The first kappa shape index (κ1) is 17.5. The van der Waals surface area contributed by atoms with Gasteiger partial charge in [0.25, 0.3) is 11.5 Å². The number of carbonyl (C=O) groups excluding carboxylic acids is 1. The third-order valence-electron chi connectivity index (χ3n) is 3.35. The molecule has 126 valence electrons. The van der Waals surface area contributed by atoms with Crippen molar-refractivity contribution in [1.29, 1.82) is 0 Å². The third kappa shape index (κ3) is 4.32. The molecule has 24 heavy (non-hydrogen) atoms. The van der Waals surface area contributed by atoms with Gasteiger partial charge in [0.15, 0.2) is 0 Å². The number of ether oxygens (including phenoxy) is 1. The van der Waals surface area contributed by atoms with Gasteiger partial charge >= 0.3 is 0 Å². The fourth-order valence-electron chi connectivity index (χ4n) is 2.13. The fourth-order valence-corrected chi connectivity index (χ4v) is 2.13. The summed E-state index contributed by atoms with van der Waals surface area (Å²) in [5, 5.41) is 3.90. The van der Waals surface area contributed by atoms with Crippen LogP contribution in [0, 0.1) is 0 Å². The molecular weight excluding hydrogens is 306 g/mol. The van der Waals surface area contributed by atoms with Crippen molar-refractivity contribution >= 4 is 12.1 Å². The Labute approximate surface area is 140 Å². The Balaban J connectivity index is 2.05. The zero-order chi connectivity index (χ0) is 17.5. The van der Waals surface area contributed by atoms with E-state index in [1.54, 1.807) is 12.3 Å². The second kappa shape index (κ2) is 8.10. The highest BCUT2D eigenvalue weighted by Crippen LogP contribution is 2.10. The molecule has 0 radical (unpaired) electrons. The Kier molecular flexibility index (Phi) is 5.89. The van der Waals surface area contributed by atoms with Crippen LogP contribution in [0.2, 0.25) is 0 Å². The molecule has 0 saturated heterocycles. The first-order chi connectivity index (χ1) is 11.5. The number of aromatic nitrogens is 1. The topological polar surface area (TPSA) is 72.7 Å². The number of rotatable bonds is 6. The largest absolute Gasteiger partial charge is 0.494 e. The quantitative estimate of drug-likeness (QED) is 0.655. The van der Waals surface area contributed by atoms with Gasteiger partial charge in [0.2, 0.25) is 0 Å². The molecule has 0 atom stereocenters. The summed E-state index contributed by atoms with van der Waals surface area (Å²) in [5.41, 5.74) is 2.92. The number of nitrogens with one attached hydrogen (secondary N) is 1. The highest BCUT2D eigenvalue weighted by Gasteiger charge is 2.12. The lowest BCUT2D eigenvalue weighted by atomic mass is 10.2. The summed E-state index contributed by atoms with van der Waals surface area (Å²) >= 11 is 0. The van der Waals surface area contributed by atoms with Crippen molar-refractivity contribution in [3.8, 4) is 5.75 Å². The van der Waals surface area contributed by atoms with E-state index in [1.807, 2.05) is 45.0 Å². The molecule has 0 aliphatic heterocycles. The average Bonchev–Trinajstić information content (AvgIpc) is 2.56. The van der Waals surface area contributed by atoms with Crippen LogP contribution in [0.4, 0.5) is 0 Å². The molecule has 1 amide bonds. The number of hydrogen-bond donors (Lipinski definition) is 1. The van der Waals surface area contributed by atoms with E-state index < -0.39 is 5.91 Å². The maximum Gasteiger partial charge on any atom is 0.276 e. The van der Waals surface area contributed by atoms with Crippen LogP contribution in [0.5, 0.6) is 5.75 Å². The molecule has 1 aromatic carbocycles. The van der Waals surface area contributed by atoms with Crippen LogP contribution < -0.4 is 15.7 Å². The van der Waals surface area contributed by atoms with Crippen LogP contribution >= 0.6 is 0 Å². The lowest BCUT2D eigenvalue weighted by molar-refractivity contribution is 0.0953. The lowest BCUT2D eigenvalue weighted by Crippen LogP contribution is -2.31. The fraction of sp³-hybridized carbons (Fsp3) is 0.278. The molecular formula is C18H21N3O3. The molecule has 1 aromatic heterocycles. The van der Waals surface area contributed by atoms with Gasteiger partial charge in [-0.15, -0.1) is 0 Å². The molecule has 0 aliphatic carbocycles. The van der Waals surface area contributed by atoms with Gasteiger partial charge < -0.3 is 9.30 Å². The van der Waals surface area contributed by atoms with Gasteiger partial charge in [-0.25, -0.2) is 5.43 Å². The Morgan fingerprint density at radius 1 is 1.29 bits per heavy atom. The molecule has 2 rings (SSSR count). The van der Waals surface area contributed by atoms with E-state index in [9.17, 15) is 9.59 Å². The van der Waals surface area contributed by atoms with Gasteiger partial charge in [-0.05, 0) is 62.7 Å². The van der Waals surface area contributed by atoms with Crippen molar-refractivity contribution in [1.82, 2.24) is 9.99 Å². The van der Waals surface area contributed by atoms with E-state index in [1.165, 1.54) is 16.8 Å². The van der Waals surface area contributed by atoms with Gasteiger partial charge in [0.1, 0.15) is 11.3 Å². The molecule has 0 aliphatic rings. The van der Waals surface area contributed by atoms with Crippen molar-refractivity contribution in [2.24, 2.45) is 5.10 Å². The number of hydrazone groups is 1. The number of nitrogens with zero attached hydrogens (tertiary/aromatic N) is 2. The van der Waals surface area contributed by atoms with Gasteiger partial charge in [0, 0.05) is 12.2 Å². The van der Waals surface area contributed by atoms with E-state index in [-0.39, 0.29) is 17.2 Å². The monoisotopic (exact) mass is 327 g/mol. The van der Waals surface area contributed by atoms with Crippen LogP contribution in [0.15, 0.2) is 52.5 Å². The van der Waals surface area contributed by atoms with Gasteiger partial charge in [-0.3, -0.25) is 9.59 Å². The summed E-state index contributed by atoms with van der Waals surface area (Å²) < 4.78 is 6.86. The molecule has 1 heterocycles. The molecule has 0 spiro atoms. The van der Waals surface area contributed by atoms with Crippen molar-refractivity contribution in [2.75, 3.05) is 6.61 Å². The van der Waals surface area contributed by atoms with Crippen LogP contribution in [0.1, 0.15) is 42.7 Å². The second-order valence-electron chi connectivity index (χ2n) is 5.43. The van der Waals surface area contributed by atoms with Crippen molar-refractivity contribution in [2.45, 2.75) is 26.8 Å². The van der Waals surface area contributed by atoms with Crippen molar-refractivity contribution in [3.63, 3.8) is 0 Å². The highest BCUT2D eigenvalue weighted by molar-refractivity contribution is 5.94. The normalized spacial score (nSPS) is 11.0. The summed E-state index contributed by atoms with van der Waals surface area (Å²) in [6.45, 7) is 6.29. The molecule has 1 N–H and O–H groups in total. The predicted octanol–water partition coefficient (Wildman–Crippen LogP) is 2.59. The standard InChI is InChI=1S/C18H21N3O3/c1-4-24-15-9-7-14(8-10-15)12-19-20-17(22)16-6-5-11-21(13(2)3)18(16)23/h5-13H,4H2,1-3H3,(H,20,22)/b19-12-. The highest BCUT2D eigenvalue weighted by atomic mass is 16.5. The summed E-state index contributed by atoms with van der Waals surface area (Å²) in [6.07, 6.45) is 3.17. The third-order valence-corrected chi connectivity index (χ3v) is 3.35. The number of carbonyl (C=O) groups is 1. The summed E-state index contributed by atoms with van der Waals surface area (Å²) in [5.74, 6) is 0.245. The number of pyridine rings is 1. The van der Waals surface area contributed by atoms with E-state index >= 15 is 0 Å². The second-order valence-corrected chi connectivity index (χ2v) is 5.43. The molecule has 0 fully saturated rings. The Morgan fingerprint density at radius 3 is 2.62 bits per heavy atom. The number of benzene rings is 1. The molecule has 0 bridgehead atoms. The minimum absolute atomic E-state index is 0.0161.